The lowest BCUT2D eigenvalue weighted by molar-refractivity contribution is 0.0689. The molecule has 0 bridgehead atoms. The Bertz CT molecular complexity index is 639. The molecule has 0 fully saturated rings. The van der Waals surface area contributed by atoms with Gasteiger partial charge in [-0.15, -0.1) is 0 Å². The van der Waals surface area contributed by atoms with Crippen LogP contribution in [0.15, 0.2) is 24.3 Å². The maximum absolute atomic E-state index is 10.9. The zero-order chi connectivity index (χ0) is 14.0. The van der Waals surface area contributed by atoms with E-state index >= 15 is 0 Å². The molecule has 0 spiro atoms. The highest BCUT2D eigenvalue weighted by atomic mass is 16.5. The normalized spacial score (nSPS) is 10.3. The molecular formula is C14H14N2O3. The van der Waals surface area contributed by atoms with Crippen LogP contribution in [-0.4, -0.2) is 21.0 Å². The first-order valence-corrected chi connectivity index (χ1v) is 5.80. The minimum absolute atomic E-state index is 0.0473. The predicted molar refractivity (Wildman–Crippen MR) is 69.7 cm³/mol. The second-order valence-electron chi connectivity index (χ2n) is 4.35. The molecule has 19 heavy (non-hydrogen) atoms. The number of hydrogen-bond acceptors (Lipinski definition) is 4. The van der Waals surface area contributed by atoms with E-state index in [0.717, 1.165) is 11.1 Å². The summed E-state index contributed by atoms with van der Waals surface area (Å²) in [6, 6.07) is 7.21. The summed E-state index contributed by atoms with van der Waals surface area (Å²) in [6.45, 7) is 5.55. The molecule has 0 amide bonds. The number of aromatic nitrogens is 2. The molecule has 1 aromatic carbocycles. The van der Waals surface area contributed by atoms with Gasteiger partial charge in [0.2, 0.25) is 0 Å². The van der Waals surface area contributed by atoms with Gasteiger partial charge < -0.3 is 9.84 Å². The molecule has 2 rings (SSSR count). The highest BCUT2D eigenvalue weighted by molar-refractivity contribution is 5.85. The Kier molecular flexibility index (Phi) is 3.46. The van der Waals surface area contributed by atoms with Crippen LogP contribution in [0.5, 0.6) is 11.8 Å². The van der Waals surface area contributed by atoms with E-state index in [1.54, 1.807) is 6.92 Å². The Morgan fingerprint density at radius 2 is 1.89 bits per heavy atom. The number of nitrogens with zero attached hydrogens (tertiary/aromatic N) is 2. The van der Waals surface area contributed by atoms with Crippen molar-refractivity contribution in [2.24, 2.45) is 0 Å². The van der Waals surface area contributed by atoms with E-state index in [1.807, 2.05) is 32.0 Å². The molecule has 98 valence electrons. The third-order valence-electron chi connectivity index (χ3n) is 2.60. The first kappa shape index (κ1) is 13.0. The Hall–Kier alpha value is -2.43. The van der Waals surface area contributed by atoms with Crippen LogP contribution >= 0.6 is 0 Å². The monoisotopic (exact) mass is 258 g/mol. The molecule has 2 aromatic rings. The molecule has 0 aliphatic rings. The van der Waals surface area contributed by atoms with Crippen molar-refractivity contribution in [2.45, 2.75) is 20.8 Å². The first-order valence-electron chi connectivity index (χ1n) is 5.80. The van der Waals surface area contributed by atoms with Crippen LogP contribution in [0, 0.1) is 20.8 Å². The van der Waals surface area contributed by atoms with E-state index in [9.17, 15) is 4.79 Å². The smallest absolute Gasteiger partial charge is 0.354 e. The van der Waals surface area contributed by atoms with Gasteiger partial charge in [-0.05, 0) is 44.0 Å². The molecule has 5 heteroatoms. The quantitative estimate of drug-likeness (QED) is 0.916. The molecule has 0 atom stereocenters. The maximum atomic E-state index is 10.9. The Labute approximate surface area is 110 Å². The molecule has 0 saturated heterocycles. The second kappa shape index (κ2) is 5.06. The van der Waals surface area contributed by atoms with Gasteiger partial charge in [-0.2, -0.15) is 4.98 Å². The Balaban J connectivity index is 2.38. The van der Waals surface area contributed by atoms with E-state index in [-0.39, 0.29) is 11.7 Å². The van der Waals surface area contributed by atoms with Crippen molar-refractivity contribution in [3.05, 3.63) is 46.8 Å². The SMILES string of the molecule is Cc1ccc(C)c(Oc2nc(C)cc(C(=O)O)n2)c1. The fraction of sp³-hybridized carbons (Fsp3) is 0.214. The molecule has 1 aromatic heterocycles. The fourth-order valence-electron chi connectivity index (χ4n) is 1.61. The van der Waals surface area contributed by atoms with Gasteiger partial charge in [0.15, 0.2) is 5.69 Å². The molecule has 0 aliphatic heterocycles. The average Bonchev–Trinajstić information content (AvgIpc) is 2.33. The van der Waals surface area contributed by atoms with E-state index in [4.69, 9.17) is 9.84 Å². The van der Waals surface area contributed by atoms with Crippen molar-refractivity contribution in [3.63, 3.8) is 0 Å². The van der Waals surface area contributed by atoms with Gasteiger partial charge in [0.05, 0.1) is 0 Å². The van der Waals surface area contributed by atoms with Crippen molar-refractivity contribution < 1.29 is 14.6 Å². The highest BCUT2D eigenvalue weighted by Crippen LogP contribution is 2.24. The fourth-order valence-corrected chi connectivity index (χ4v) is 1.61. The minimum atomic E-state index is -1.10. The minimum Gasteiger partial charge on any atom is -0.477 e. The van der Waals surface area contributed by atoms with Gasteiger partial charge in [-0.1, -0.05) is 12.1 Å². The van der Waals surface area contributed by atoms with Crippen LogP contribution in [0.2, 0.25) is 0 Å². The largest absolute Gasteiger partial charge is 0.477 e. The topological polar surface area (TPSA) is 72.3 Å². The highest BCUT2D eigenvalue weighted by Gasteiger charge is 2.11. The Morgan fingerprint density at radius 3 is 2.58 bits per heavy atom. The maximum Gasteiger partial charge on any atom is 0.354 e. The van der Waals surface area contributed by atoms with Crippen molar-refractivity contribution in [2.75, 3.05) is 0 Å². The summed E-state index contributed by atoms with van der Waals surface area (Å²) in [5.41, 5.74) is 2.46. The Morgan fingerprint density at radius 1 is 1.16 bits per heavy atom. The van der Waals surface area contributed by atoms with E-state index in [1.165, 1.54) is 6.07 Å². The lowest BCUT2D eigenvalue weighted by Crippen LogP contribution is -2.04. The van der Waals surface area contributed by atoms with Crippen LogP contribution in [0.3, 0.4) is 0 Å². The summed E-state index contributed by atoms with van der Waals surface area (Å²) in [5, 5.41) is 8.95. The van der Waals surface area contributed by atoms with Gasteiger partial charge in [0.25, 0.3) is 0 Å². The van der Waals surface area contributed by atoms with Crippen molar-refractivity contribution in [1.82, 2.24) is 9.97 Å². The van der Waals surface area contributed by atoms with Gasteiger partial charge in [0, 0.05) is 5.69 Å². The molecule has 0 saturated carbocycles. The molecule has 5 nitrogen and oxygen atoms in total. The number of rotatable bonds is 3. The zero-order valence-corrected chi connectivity index (χ0v) is 11.0. The van der Waals surface area contributed by atoms with Crippen LogP contribution in [0.4, 0.5) is 0 Å². The molecule has 0 radical (unpaired) electrons. The third kappa shape index (κ3) is 3.07. The number of carbonyl (C=O) groups is 1. The number of carboxylic acid groups (broad SMARTS) is 1. The molecule has 1 N–H and O–H groups in total. The lowest BCUT2D eigenvalue weighted by atomic mass is 10.1. The molecule has 0 unspecified atom stereocenters. The second-order valence-corrected chi connectivity index (χ2v) is 4.35. The van der Waals surface area contributed by atoms with Gasteiger partial charge in [0.1, 0.15) is 5.75 Å². The van der Waals surface area contributed by atoms with Gasteiger partial charge in [-0.3, -0.25) is 0 Å². The summed E-state index contributed by atoms with van der Waals surface area (Å²) in [7, 11) is 0. The number of ether oxygens (including phenoxy) is 1. The van der Waals surface area contributed by atoms with Crippen molar-refractivity contribution in [1.29, 1.82) is 0 Å². The van der Waals surface area contributed by atoms with Crippen molar-refractivity contribution in [3.8, 4) is 11.8 Å². The third-order valence-corrected chi connectivity index (χ3v) is 2.60. The molecular weight excluding hydrogens is 244 g/mol. The van der Waals surface area contributed by atoms with Crippen LogP contribution < -0.4 is 4.74 Å². The van der Waals surface area contributed by atoms with Crippen LogP contribution in [0.25, 0.3) is 0 Å². The number of hydrogen-bond donors (Lipinski definition) is 1. The average molecular weight is 258 g/mol. The van der Waals surface area contributed by atoms with Crippen LogP contribution in [-0.2, 0) is 0 Å². The summed E-state index contributed by atoms with van der Waals surface area (Å²) >= 11 is 0. The summed E-state index contributed by atoms with van der Waals surface area (Å²) in [6.07, 6.45) is 0. The van der Waals surface area contributed by atoms with E-state index in [0.29, 0.717) is 11.4 Å². The number of aromatic carboxylic acids is 1. The van der Waals surface area contributed by atoms with E-state index in [2.05, 4.69) is 9.97 Å². The zero-order valence-electron chi connectivity index (χ0n) is 11.0. The number of carboxylic acids is 1. The standard InChI is InChI=1S/C14H14N2O3/c1-8-4-5-9(2)12(6-8)19-14-15-10(3)7-11(16-14)13(17)18/h4-7H,1-3H3,(H,17,18). The van der Waals surface area contributed by atoms with Crippen LogP contribution in [0.1, 0.15) is 27.3 Å². The lowest BCUT2D eigenvalue weighted by Gasteiger charge is -2.08. The summed E-state index contributed by atoms with van der Waals surface area (Å²) in [4.78, 5) is 18.9. The number of benzene rings is 1. The first-order chi connectivity index (χ1) is 8.95. The molecule has 1 heterocycles. The van der Waals surface area contributed by atoms with Gasteiger partial charge in [-0.25, -0.2) is 9.78 Å². The summed E-state index contributed by atoms with van der Waals surface area (Å²) in [5.74, 6) is -0.474. The molecule has 0 aliphatic carbocycles. The predicted octanol–water partition coefficient (Wildman–Crippen LogP) is 2.89. The summed E-state index contributed by atoms with van der Waals surface area (Å²) < 4.78 is 5.58. The number of aryl methyl sites for hydroxylation is 3. The van der Waals surface area contributed by atoms with E-state index < -0.39 is 5.97 Å². The van der Waals surface area contributed by atoms with Gasteiger partial charge >= 0.3 is 12.0 Å². The van der Waals surface area contributed by atoms with Crippen molar-refractivity contribution >= 4 is 5.97 Å².